The van der Waals surface area contributed by atoms with Gasteiger partial charge in [-0.15, -0.1) is 0 Å². The number of hydrogen-bond acceptors (Lipinski definition) is 9. The minimum absolute atomic E-state index is 0.0185. The zero-order chi connectivity index (χ0) is 26.6. The number of carbonyl (C=O) groups is 2. The Kier molecular flexibility index (Phi) is 7.63. The third-order valence-electron chi connectivity index (χ3n) is 5.53. The van der Waals surface area contributed by atoms with Crippen molar-refractivity contribution in [2.75, 3.05) is 19.0 Å². The van der Waals surface area contributed by atoms with Crippen molar-refractivity contribution in [2.24, 2.45) is 7.05 Å². The number of ether oxygens (including phenoxy) is 3. The predicted molar refractivity (Wildman–Crippen MR) is 119 cm³/mol. The minimum Gasteiger partial charge on any atom is -0.441 e. The molecule has 2 amide bonds. The molecule has 1 aliphatic heterocycles. The van der Waals surface area contributed by atoms with E-state index in [4.69, 9.17) is 14.2 Å². The quantitative estimate of drug-likeness (QED) is 0.434. The van der Waals surface area contributed by atoms with Crippen LogP contribution in [-0.2, 0) is 34.0 Å². The van der Waals surface area contributed by atoms with Crippen molar-refractivity contribution in [3.63, 3.8) is 0 Å². The van der Waals surface area contributed by atoms with Crippen LogP contribution in [0.4, 0.5) is 23.9 Å². The number of anilines is 1. The Morgan fingerprint density at radius 2 is 2.00 bits per heavy atom. The van der Waals surface area contributed by atoms with Crippen LogP contribution in [-0.4, -0.2) is 63.1 Å². The number of benzene rings is 1. The minimum atomic E-state index is -4.74. The third kappa shape index (κ3) is 6.00. The van der Waals surface area contributed by atoms with Crippen LogP contribution in [0.3, 0.4) is 0 Å². The number of pyridine rings is 1. The summed E-state index contributed by atoms with van der Waals surface area (Å²) < 4.78 is 57.5. The van der Waals surface area contributed by atoms with E-state index in [9.17, 15) is 22.8 Å². The van der Waals surface area contributed by atoms with Gasteiger partial charge in [-0.3, -0.25) is 10.1 Å². The first-order chi connectivity index (χ1) is 17.7. The molecule has 0 spiro atoms. The van der Waals surface area contributed by atoms with Gasteiger partial charge in [0.2, 0.25) is 5.95 Å². The van der Waals surface area contributed by atoms with Gasteiger partial charge in [-0.1, -0.05) is 35.4 Å². The van der Waals surface area contributed by atoms with Crippen molar-refractivity contribution in [2.45, 2.75) is 31.0 Å². The fraction of sp³-hybridized carbons (Fsp3) is 0.364. The molecule has 1 aromatic carbocycles. The largest absolute Gasteiger partial charge is 0.441 e. The zero-order valence-corrected chi connectivity index (χ0v) is 19.6. The van der Waals surface area contributed by atoms with Crippen LogP contribution in [0.1, 0.15) is 33.4 Å². The molecule has 1 aliphatic rings. The standard InChI is InChI=1S/C22H22F3N7O5/c1-32-20(29-30-31-32)28-19(33)13-8-9-16(22(23,24)25)26-14(13)10-36-11-15-17(27-21(34)37-15)18(35-2)12-6-4-3-5-7-12/h3-9,15,17-18H,10-11H2,1-2H3,(H,27,34)(H,28,29,31,33)/t15?,17-,18?/m1/s1. The maximum Gasteiger partial charge on any atom is 0.433 e. The second-order valence-electron chi connectivity index (χ2n) is 7.96. The van der Waals surface area contributed by atoms with E-state index in [1.54, 1.807) is 0 Å². The number of halogens is 3. The molecule has 1 saturated heterocycles. The number of nitrogens with zero attached hydrogens (tertiary/aromatic N) is 5. The highest BCUT2D eigenvalue weighted by atomic mass is 19.4. The van der Waals surface area contributed by atoms with Crippen molar-refractivity contribution >= 4 is 17.9 Å². The van der Waals surface area contributed by atoms with E-state index >= 15 is 0 Å². The normalized spacial score (nSPS) is 18.2. The van der Waals surface area contributed by atoms with Gasteiger partial charge in [-0.2, -0.15) is 13.2 Å². The smallest absolute Gasteiger partial charge is 0.433 e. The summed E-state index contributed by atoms with van der Waals surface area (Å²) in [5.41, 5.74) is -0.864. The number of tetrazole rings is 1. The number of rotatable bonds is 9. The lowest BCUT2D eigenvalue weighted by molar-refractivity contribution is -0.141. The van der Waals surface area contributed by atoms with Crippen LogP contribution in [0.25, 0.3) is 0 Å². The van der Waals surface area contributed by atoms with Crippen LogP contribution >= 0.6 is 0 Å². The Morgan fingerprint density at radius 1 is 1.24 bits per heavy atom. The van der Waals surface area contributed by atoms with E-state index in [-0.39, 0.29) is 23.8 Å². The number of methoxy groups -OCH3 is 1. The average molecular weight is 521 g/mol. The van der Waals surface area contributed by atoms with Gasteiger partial charge in [0.15, 0.2) is 0 Å². The summed E-state index contributed by atoms with van der Waals surface area (Å²) in [6.45, 7) is -0.685. The molecule has 2 N–H and O–H groups in total. The summed E-state index contributed by atoms with van der Waals surface area (Å²) in [5.74, 6) is -0.803. The molecule has 4 rings (SSSR count). The molecule has 0 saturated carbocycles. The topological polar surface area (TPSA) is 142 Å². The Balaban J connectivity index is 1.51. The summed E-state index contributed by atoms with van der Waals surface area (Å²) in [4.78, 5) is 28.3. The first-order valence-electron chi connectivity index (χ1n) is 10.9. The number of hydrogen-bond donors (Lipinski definition) is 2. The third-order valence-corrected chi connectivity index (χ3v) is 5.53. The number of aryl methyl sites for hydroxylation is 1. The fourth-order valence-corrected chi connectivity index (χ4v) is 3.77. The van der Waals surface area contributed by atoms with Gasteiger partial charge in [-0.05, 0) is 28.1 Å². The Morgan fingerprint density at radius 3 is 2.65 bits per heavy atom. The van der Waals surface area contributed by atoms with Gasteiger partial charge in [0.1, 0.15) is 23.9 Å². The van der Waals surface area contributed by atoms with Gasteiger partial charge in [0.05, 0.1) is 24.5 Å². The van der Waals surface area contributed by atoms with Crippen LogP contribution in [0.15, 0.2) is 42.5 Å². The molecule has 0 aliphatic carbocycles. The lowest BCUT2D eigenvalue weighted by Crippen LogP contribution is -2.40. The molecule has 3 atom stereocenters. The van der Waals surface area contributed by atoms with E-state index in [0.717, 1.165) is 11.6 Å². The van der Waals surface area contributed by atoms with E-state index in [1.165, 1.54) is 18.8 Å². The van der Waals surface area contributed by atoms with E-state index in [2.05, 4.69) is 31.1 Å². The van der Waals surface area contributed by atoms with Gasteiger partial charge < -0.3 is 19.5 Å². The number of alkyl halides is 3. The molecule has 12 nitrogen and oxygen atoms in total. The molecule has 15 heteroatoms. The molecule has 3 heterocycles. The maximum absolute atomic E-state index is 13.3. The SMILES string of the molecule is COC(c1ccccc1)[C@@H]1NC(=O)OC1COCc1nc(C(F)(F)F)ccc1C(=O)Nc1nnnn1C. The van der Waals surface area contributed by atoms with E-state index in [1.807, 2.05) is 30.3 Å². The molecule has 1 fully saturated rings. The summed E-state index contributed by atoms with van der Waals surface area (Å²) in [6.07, 6.45) is -6.83. The van der Waals surface area contributed by atoms with Crippen molar-refractivity contribution in [1.82, 2.24) is 30.5 Å². The fourth-order valence-electron chi connectivity index (χ4n) is 3.77. The van der Waals surface area contributed by atoms with Crippen LogP contribution in [0.2, 0.25) is 0 Å². The van der Waals surface area contributed by atoms with Gasteiger partial charge >= 0.3 is 12.3 Å². The van der Waals surface area contributed by atoms with Crippen molar-refractivity contribution in [3.05, 3.63) is 65.0 Å². The zero-order valence-electron chi connectivity index (χ0n) is 19.6. The Hall–Kier alpha value is -4.11. The number of cyclic esters (lactones) is 1. The molecule has 37 heavy (non-hydrogen) atoms. The second kappa shape index (κ2) is 10.9. The van der Waals surface area contributed by atoms with E-state index < -0.39 is 48.7 Å². The van der Waals surface area contributed by atoms with Crippen LogP contribution in [0, 0.1) is 0 Å². The van der Waals surface area contributed by atoms with Crippen molar-refractivity contribution < 1.29 is 37.0 Å². The summed E-state index contributed by atoms with van der Waals surface area (Å²) in [6, 6.07) is 10.1. The predicted octanol–water partition coefficient (Wildman–Crippen LogP) is 2.26. The molecule has 0 radical (unpaired) electrons. The highest BCUT2D eigenvalue weighted by Gasteiger charge is 2.41. The number of aromatic nitrogens is 5. The lowest BCUT2D eigenvalue weighted by atomic mass is 9.98. The number of alkyl carbamates (subject to hydrolysis) is 1. The molecule has 2 unspecified atom stereocenters. The summed E-state index contributed by atoms with van der Waals surface area (Å²) in [5, 5.41) is 15.7. The van der Waals surface area contributed by atoms with E-state index in [0.29, 0.717) is 6.07 Å². The molecular weight excluding hydrogens is 499 g/mol. The molecule has 0 bridgehead atoms. The first kappa shape index (κ1) is 26.0. The average Bonchev–Trinajstić information content (AvgIpc) is 3.44. The van der Waals surface area contributed by atoms with Gasteiger partial charge in [-0.25, -0.2) is 14.5 Å². The Bertz CT molecular complexity index is 1250. The van der Waals surface area contributed by atoms with Crippen LogP contribution < -0.4 is 10.6 Å². The molecule has 196 valence electrons. The number of nitrogens with one attached hydrogen (secondary N) is 2. The molecule has 2 aromatic heterocycles. The monoisotopic (exact) mass is 521 g/mol. The maximum atomic E-state index is 13.3. The number of carbonyl (C=O) groups excluding carboxylic acids is 2. The molecular formula is C22H22F3N7O5. The van der Waals surface area contributed by atoms with Crippen LogP contribution in [0.5, 0.6) is 0 Å². The summed E-state index contributed by atoms with van der Waals surface area (Å²) in [7, 11) is 2.95. The Labute approximate surface area is 208 Å². The van der Waals surface area contributed by atoms with Crippen molar-refractivity contribution in [3.8, 4) is 0 Å². The highest BCUT2D eigenvalue weighted by Crippen LogP contribution is 2.30. The molecule has 3 aromatic rings. The number of amides is 2. The second-order valence-corrected chi connectivity index (χ2v) is 7.96. The summed E-state index contributed by atoms with van der Waals surface area (Å²) >= 11 is 0. The van der Waals surface area contributed by atoms with Crippen molar-refractivity contribution in [1.29, 1.82) is 0 Å². The highest BCUT2D eigenvalue weighted by molar-refractivity contribution is 6.04. The van der Waals surface area contributed by atoms with Gasteiger partial charge in [0, 0.05) is 14.2 Å². The first-order valence-corrected chi connectivity index (χ1v) is 10.9. The van der Waals surface area contributed by atoms with Gasteiger partial charge in [0.25, 0.3) is 5.91 Å². The lowest BCUT2D eigenvalue weighted by Gasteiger charge is -2.25.